The predicted molar refractivity (Wildman–Crippen MR) is 66.6 cm³/mol. The molecule has 0 saturated heterocycles. The fourth-order valence-corrected chi connectivity index (χ4v) is 2.00. The van der Waals surface area contributed by atoms with Crippen LogP contribution < -0.4 is 0 Å². The molecule has 1 N–H and O–H groups in total. The lowest BCUT2D eigenvalue weighted by Gasteiger charge is -2.14. The first-order valence-corrected chi connectivity index (χ1v) is 5.86. The molecule has 2 aromatic rings. The number of benzene rings is 2. The second-order valence-corrected chi connectivity index (χ2v) is 4.61. The Morgan fingerprint density at radius 1 is 1.00 bits per heavy atom. The van der Waals surface area contributed by atoms with Crippen molar-refractivity contribution in [3.63, 3.8) is 0 Å². The number of halogens is 4. The average molecular weight is 287 g/mol. The van der Waals surface area contributed by atoms with E-state index >= 15 is 0 Å². The summed E-state index contributed by atoms with van der Waals surface area (Å²) < 4.78 is 39.2. The van der Waals surface area contributed by atoms with E-state index < -0.39 is 23.6 Å². The lowest BCUT2D eigenvalue weighted by atomic mass is 9.99. The summed E-state index contributed by atoms with van der Waals surface area (Å²) in [6.07, 6.45) is -1.25. The highest BCUT2D eigenvalue weighted by Gasteiger charge is 2.17. The smallest absolute Gasteiger partial charge is 0.159 e. The van der Waals surface area contributed by atoms with Gasteiger partial charge < -0.3 is 5.11 Å². The first-order chi connectivity index (χ1) is 8.90. The Morgan fingerprint density at radius 2 is 1.68 bits per heavy atom. The number of aliphatic hydroxyl groups excluding tert-OH is 1. The Kier molecular flexibility index (Phi) is 3.83. The topological polar surface area (TPSA) is 20.2 Å². The van der Waals surface area contributed by atoms with E-state index in [0.29, 0.717) is 5.56 Å². The van der Waals surface area contributed by atoms with Gasteiger partial charge in [-0.25, -0.2) is 13.2 Å². The van der Waals surface area contributed by atoms with E-state index in [-0.39, 0.29) is 16.1 Å². The van der Waals surface area contributed by atoms with Crippen LogP contribution in [0.25, 0.3) is 0 Å². The molecular formula is C14H10ClF3O. The zero-order valence-electron chi connectivity index (χ0n) is 9.92. The summed E-state index contributed by atoms with van der Waals surface area (Å²) in [4.78, 5) is 0. The fourth-order valence-electron chi connectivity index (χ4n) is 1.75. The van der Waals surface area contributed by atoms with E-state index in [1.807, 2.05) is 0 Å². The summed E-state index contributed by atoms with van der Waals surface area (Å²) in [6.45, 7) is 1.52. The maximum Gasteiger partial charge on any atom is 0.159 e. The van der Waals surface area contributed by atoms with Gasteiger partial charge in [-0.3, -0.25) is 0 Å². The zero-order chi connectivity index (χ0) is 14.2. The highest BCUT2D eigenvalue weighted by Crippen LogP contribution is 2.30. The van der Waals surface area contributed by atoms with Gasteiger partial charge in [-0.1, -0.05) is 17.7 Å². The Morgan fingerprint density at radius 3 is 2.32 bits per heavy atom. The van der Waals surface area contributed by atoms with Crippen LogP contribution in [0.15, 0.2) is 30.3 Å². The van der Waals surface area contributed by atoms with Gasteiger partial charge in [0.1, 0.15) is 11.9 Å². The summed E-state index contributed by atoms with van der Waals surface area (Å²) in [5.74, 6) is -2.56. The van der Waals surface area contributed by atoms with Gasteiger partial charge in [0.15, 0.2) is 11.6 Å². The van der Waals surface area contributed by atoms with Crippen molar-refractivity contribution in [1.82, 2.24) is 0 Å². The molecule has 0 aromatic heterocycles. The van der Waals surface area contributed by atoms with E-state index in [1.165, 1.54) is 19.1 Å². The summed E-state index contributed by atoms with van der Waals surface area (Å²) in [5.41, 5.74) is 0.694. The summed E-state index contributed by atoms with van der Waals surface area (Å²) >= 11 is 5.85. The molecule has 1 unspecified atom stereocenters. The summed E-state index contributed by atoms with van der Waals surface area (Å²) in [7, 11) is 0. The van der Waals surface area contributed by atoms with Crippen LogP contribution >= 0.6 is 11.6 Å². The minimum atomic E-state index is -1.25. The van der Waals surface area contributed by atoms with E-state index in [9.17, 15) is 18.3 Å². The van der Waals surface area contributed by atoms with Crippen molar-refractivity contribution < 1.29 is 18.3 Å². The summed E-state index contributed by atoms with van der Waals surface area (Å²) in [6, 6.07) is 5.50. The maximum atomic E-state index is 13.3. The molecule has 2 rings (SSSR count). The molecule has 1 atom stereocenters. The third-order valence-electron chi connectivity index (χ3n) is 2.83. The van der Waals surface area contributed by atoms with Crippen molar-refractivity contribution >= 4 is 11.6 Å². The van der Waals surface area contributed by atoms with Crippen molar-refractivity contribution in [3.05, 3.63) is 69.5 Å². The van der Waals surface area contributed by atoms with Gasteiger partial charge in [0.2, 0.25) is 0 Å². The molecular weight excluding hydrogens is 277 g/mol. The van der Waals surface area contributed by atoms with Gasteiger partial charge in [-0.2, -0.15) is 0 Å². The van der Waals surface area contributed by atoms with Gasteiger partial charge in [-0.05, 0) is 42.3 Å². The number of aryl methyl sites for hydroxylation is 1. The Bertz CT molecular complexity index is 628. The Labute approximate surface area is 113 Å². The minimum Gasteiger partial charge on any atom is -0.384 e. The van der Waals surface area contributed by atoms with Crippen molar-refractivity contribution in [2.24, 2.45) is 0 Å². The molecule has 0 bridgehead atoms. The van der Waals surface area contributed by atoms with Crippen LogP contribution in [0.3, 0.4) is 0 Å². The number of hydrogen-bond acceptors (Lipinski definition) is 1. The molecule has 0 spiro atoms. The second-order valence-electron chi connectivity index (χ2n) is 4.20. The maximum absolute atomic E-state index is 13.3. The highest BCUT2D eigenvalue weighted by molar-refractivity contribution is 6.31. The molecule has 0 aliphatic rings. The van der Waals surface area contributed by atoms with Crippen LogP contribution in [0, 0.1) is 24.4 Å². The normalized spacial score (nSPS) is 12.5. The van der Waals surface area contributed by atoms with Gasteiger partial charge in [-0.15, -0.1) is 0 Å². The van der Waals surface area contributed by atoms with Gasteiger partial charge >= 0.3 is 0 Å². The average Bonchev–Trinajstić information content (AvgIpc) is 2.36. The first-order valence-electron chi connectivity index (χ1n) is 5.48. The van der Waals surface area contributed by atoms with Crippen LogP contribution in [-0.4, -0.2) is 5.11 Å². The molecule has 5 heteroatoms. The minimum absolute atomic E-state index is 0.0281. The van der Waals surface area contributed by atoms with Crippen LogP contribution in [0.5, 0.6) is 0 Å². The predicted octanol–water partition coefficient (Wildman–Crippen LogP) is 4.15. The molecule has 0 aliphatic carbocycles. The third kappa shape index (κ3) is 2.74. The number of aliphatic hydroxyl groups is 1. The van der Waals surface area contributed by atoms with Crippen molar-refractivity contribution in [2.75, 3.05) is 0 Å². The molecule has 1 nitrogen and oxygen atoms in total. The fraction of sp³-hybridized carbons (Fsp3) is 0.143. The van der Waals surface area contributed by atoms with Crippen LogP contribution in [0.4, 0.5) is 13.2 Å². The molecule has 0 amide bonds. The van der Waals surface area contributed by atoms with Crippen LogP contribution in [0.1, 0.15) is 22.8 Å². The number of rotatable bonds is 2. The standard InChI is InChI=1S/C14H10ClF3O/c1-7-4-9(10(15)6-12(7)17)14(19)8-2-3-11(16)13(18)5-8/h2-6,14,19H,1H3. The summed E-state index contributed by atoms with van der Waals surface area (Å²) in [5, 5.41) is 10.1. The molecule has 0 radical (unpaired) electrons. The second kappa shape index (κ2) is 5.23. The van der Waals surface area contributed by atoms with E-state index in [4.69, 9.17) is 11.6 Å². The van der Waals surface area contributed by atoms with E-state index in [2.05, 4.69) is 0 Å². The molecule has 0 saturated carbocycles. The van der Waals surface area contributed by atoms with Crippen molar-refractivity contribution in [3.8, 4) is 0 Å². The number of hydrogen-bond donors (Lipinski definition) is 1. The Hall–Kier alpha value is -1.52. The SMILES string of the molecule is Cc1cc(C(O)c2ccc(F)c(F)c2)c(Cl)cc1F. The largest absolute Gasteiger partial charge is 0.384 e. The van der Waals surface area contributed by atoms with Gasteiger partial charge in [0.25, 0.3) is 0 Å². The molecule has 0 fully saturated rings. The highest BCUT2D eigenvalue weighted by atomic mass is 35.5. The quantitative estimate of drug-likeness (QED) is 0.879. The lowest BCUT2D eigenvalue weighted by molar-refractivity contribution is 0.219. The lowest BCUT2D eigenvalue weighted by Crippen LogP contribution is -2.03. The van der Waals surface area contributed by atoms with E-state index in [1.54, 1.807) is 0 Å². The monoisotopic (exact) mass is 286 g/mol. The Balaban J connectivity index is 2.46. The molecule has 100 valence electrons. The van der Waals surface area contributed by atoms with Crippen molar-refractivity contribution in [2.45, 2.75) is 13.0 Å². The van der Waals surface area contributed by atoms with Gasteiger partial charge in [0.05, 0.1) is 0 Å². The van der Waals surface area contributed by atoms with E-state index in [0.717, 1.165) is 18.2 Å². The van der Waals surface area contributed by atoms with Crippen LogP contribution in [0.2, 0.25) is 5.02 Å². The first kappa shape index (κ1) is 13.9. The molecule has 0 aliphatic heterocycles. The van der Waals surface area contributed by atoms with Crippen molar-refractivity contribution in [1.29, 1.82) is 0 Å². The molecule has 2 aromatic carbocycles. The van der Waals surface area contributed by atoms with Crippen LogP contribution in [-0.2, 0) is 0 Å². The molecule has 19 heavy (non-hydrogen) atoms. The molecule has 0 heterocycles. The van der Waals surface area contributed by atoms with Gasteiger partial charge in [0, 0.05) is 10.6 Å². The zero-order valence-corrected chi connectivity index (χ0v) is 10.7. The third-order valence-corrected chi connectivity index (χ3v) is 3.16.